The summed E-state index contributed by atoms with van der Waals surface area (Å²) >= 11 is 0. The van der Waals surface area contributed by atoms with Crippen molar-refractivity contribution in [2.45, 2.75) is 32.4 Å². The summed E-state index contributed by atoms with van der Waals surface area (Å²) in [5.41, 5.74) is 0.713. The minimum absolute atomic E-state index is 0.153. The average molecular weight is 322 g/mol. The third-order valence-electron chi connectivity index (χ3n) is 3.41. The van der Waals surface area contributed by atoms with Gasteiger partial charge in [-0.15, -0.1) is 0 Å². The Morgan fingerprint density at radius 1 is 1.41 bits per heavy atom. The van der Waals surface area contributed by atoms with Gasteiger partial charge in [0.15, 0.2) is 0 Å². The molecule has 0 spiro atoms. The van der Waals surface area contributed by atoms with Gasteiger partial charge in [0.2, 0.25) is 0 Å². The molecule has 0 aromatic carbocycles. The number of nitrogens with zero attached hydrogens (tertiary/aromatic N) is 2. The highest BCUT2D eigenvalue weighted by Gasteiger charge is 2.18. The van der Waals surface area contributed by atoms with E-state index >= 15 is 0 Å². The fourth-order valence-corrected chi connectivity index (χ4v) is 2.90. The largest absolute Gasteiger partial charge is 0.496 e. The van der Waals surface area contributed by atoms with Crippen LogP contribution in [-0.4, -0.2) is 42.4 Å². The van der Waals surface area contributed by atoms with Crippen LogP contribution in [0.25, 0.3) is 11.0 Å². The molecule has 0 aliphatic heterocycles. The number of ether oxygens (including phenoxy) is 2. The number of pyridine rings is 1. The van der Waals surface area contributed by atoms with Crippen LogP contribution in [0.5, 0.6) is 5.75 Å². The smallest absolute Gasteiger partial charge is 0.352 e. The first-order valence-electron chi connectivity index (χ1n) is 7.17. The fourth-order valence-electron chi connectivity index (χ4n) is 2.14. The molecule has 0 unspecified atom stereocenters. The lowest BCUT2D eigenvalue weighted by Crippen LogP contribution is -2.22. The minimum atomic E-state index is -1.17. The third kappa shape index (κ3) is 3.66. The molecule has 2 rings (SSSR count). The summed E-state index contributed by atoms with van der Waals surface area (Å²) in [5, 5.41) is 10.1. The zero-order valence-corrected chi connectivity index (χ0v) is 14.4. The van der Waals surface area contributed by atoms with Crippen LogP contribution >= 0.6 is 0 Å². The van der Waals surface area contributed by atoms with Gasteiger partial charge < -0.3 is 14.6 Å². The van der Waals surface area contributed by atoms with Crippen molar-refractivity contribution in [3.05, 3.63) is 24.0 Å². The van der Waals surface area contributed by atoms with Gasteiger partial charge in [-0.2, -0.15) is 0 Å². The van der Waals surface area contributed by atoms with Gasteiger partial charge in [-0.3, -0.25) is 4.57 Å². The number of aromatic nitrogens is 2. The van der Waals surface area contributed by atoms with Gasteiger partial charge >= 0.3 is 5.97 Å². The quantitative estimate of drug-likeness (QED) is 0.626. The molecule has 2 aromatic heterocycles. The molecule has 6 nitrogen and oxygen atoms in total. The number of methoxy groups -OCH3 is 1. The normalized spacial score (nSPS) is 11.8. The average Bonchev–Trinajstić information content (AvgIpc) is 2.81. The Bertz CT molecular complexity index is 676. The van der Waals surface area contributed by atoms with Crippen molar-refractivity contribution in [2.75, 3.05) is 13.7 Å². The van der Waals surface area contributed by atoms with Gasteiger partial charge in [0.1, 0.15) is 23.8 Å². The van der Waals surface area contributed by atoms with E-state index in [0.29, 0.717) is 23.4 Å². The Balaban J connectivity index is 2.27. The minimum Gasteiger partial charge on any atom is -0.496 e. The van der Waals surface area contributed by atoms with Crippen LogP contribution in [0, 0.1) is 0 Å². The lowest BCUT2D eigenvalue weighted by Gasteiger charge is -2.16. The summed E-state index contributed by atoms with van der Waals surface area (Å²) < 4.78 is 12.5. The molecule has 7 heteroatoms. The Morgan fingerprint density at radius 3 is 2.73 bits per heavy atom. The molecule has 0 aliphatic rings. The molecule has 1 N–H and O–H groups in total. The van der Waals surface area contributed by atoms with Crippen molar-refractivity contribution in [1.82, 2.24) is 9.55 Å². The van der Waals surface area contributed by atoms with Crippen molar-refractivity contribution in [2.24, 2.45) is 0 Å². The lowest BCUT2D eigenvalue weighted by atomic mass is 10.3. The van der Waals surface area contributed by atoms with E-state index in [1.54, 1.807) is 30.0 Å². The molecule has 0 radical (unpaired) electrons. The van der Waals surface area contributed by atoms with E-state index in [9.17, 15) is 9.90 Å². The maximum Gasteiger partial charge on any atom is 0.352 e. The van der Waals surface area contributed by atoms with E-state index in [1.807, 2.05) is 0 Å². The number of carboxylic acids is 1. The highest BCUT2D eigenvalue weighted by Crippen LogP contribution is 2.27. The second kappa shape index (κ2) is 6.49. The number of hydrogen-bond acceptors (Lipinski definition) is 4. The van der Waals surface area contributed by atoms with Crippen LogP contribution in [0.3, 0.4) is 0 Å². The molecule has 120 valence electrons. The Labute approximate surface area is 130 Å². The summed E-state index contributed by atoms with van der Waals surface area (Å²) in [7, 11) is 0.383. The summed E-state index contributed by atoms with van der Waals surface area (Å²) in [6.45, 7) is 7.62. The predicted octanol–water partition coefficient (Wildman–Crippen LogP) is 3.06. The molecular weight excluding hydrogens is 300 g/mol. The number of carbonyl (C=O) groups is 1. The van der Waals surface area contributed by atoms with Gasteiger partial charge in [0.25, 0.3) is 0 Å². The van der Waals surface area contributed by atoms with Gasteiger partial charge in [-0.1, -0.05) is 19.6 Å². The molecule has 0 aliphatic carbocycles. The number of carboxylic acid groups (broad SMARTS) is 1. The van der Waals surface area contributed by atoms with Crippen molar-refractivity contribution in [1.29, 1.82) is 0 Å². The van der Waals surface area contributed by atoms with E-state index in [4.69, 9.17) is 9.47 Å². The summed E-state index contributed by atoms with van der Waals surface area (Å²) in [5.74, 6) is -0.401. The molecule has 2 heterocycles. The second-order valence-electron chi connectivity index (χ2n) is 6.36. The zero-order chi connectivity index (χ0) is 16.3. The molecule has 0 amide bonds. The number of aromatic carboxylic acids is 1. The number of rotatable bonds is 7. The van der Waals surface area contributed by atoms with Crippen molar-refractivity contribution in [3.63, 3.8) is 0 Å². The number of hydrogen-bond donors (Lipinski definition) is 1. The Hall–Kier alpha value is -1.86. The molecule has 0 saturated carbocycles. The van der Waals surface area contributed by atoms with E-state index in [1.165, 1.54) is 0 Å². The van der Waals surface area contributed by atoms with Crippen LogP contribution in [-0.2, 0) is 11.5 Å². The molecule has 0 fully saturated rings. The highest BCUT2D eigenvalue weighted by atomic mass is 28.3. The fraction of sp³-hybridized carbons (Fsp3) is 0.467. The SMILES string of the molecule is COc1ccnc2c1cc(C(=O)O)n2COCC[Si](C)(C)C. The predicted molar refractivity (Wildman–Crippen MR) is 87.3 cm³/mol. The molecule has 22 heavy (non-hydrogen) atoms. The van der Waals surface area contributed by atoms with Crippen molar-refractivity contribution >= 4 is 25.1 Å². The van der Waals surface area contributed by atoms with Gasteiger partial charge in [0.05, 0.1) is 12.5 Å². The lowest BCUT2D eigenvalue weighted by molar-refractivity contribution is 0.0629. The van der Waals surface area contributed by atoms with E-state index in [-0.39, 0.29) is 12.4 Å². The van der Waals surface area contributed by atoms with Crippen molar-refractivity contribution < 1.29 is 19.4 Å². The van der Waals surface area contributed by atoms with Crippen LogP contribution in [0.4, 0.5) is 0 Å². The zero-order valence-electron chi connectivity index (χ0n) is 13.4. The first-order chi connectivity index (χ1) is 10.3. The standard InChI is InChI=1S/C15H22N2O4Si/c1-20-13-5-6-16-14-11(13)9-12(15(18)19)17(14)10-21-7-8-22(2,3)4/h5-6,9H,7-8,10H2,1-4H3,(H,18,19). The van der Waals surface area contributed by atoms with E-state index < -0.39 is 14.0 Å². The molecule has 0 saturated heterocycles. The maximum atomic E-state index is 11.4. The van der Waals surface area contributed by atoms with Gasteiger partial charge in [-0.05, 0) is 18.2 Å². The second-order valence-corrected chi connectivity index (χ2v) is 12.0. The van der Waals surface area contributed by atoms with Gasteiger partial charge in [-0.25, -0.2) is 9.78 Å². The topological polar surface area (TPSA) is 73.6 Å². The molecule has 0 atom stereocenters. The number of fused-ring (bicyclic) bond motifs is 1. The Kier molecular flexibility index (Phi) is 4.87. The first kappa shape index (κ1) is 16.5. The molecule has 0 bridgehead atoms. The summed E-state index contributed by atoms with van der Waals surface area (Å²) in [4.78, 5) is 15.7. The first-order valence-corrected chi connectivity index (χ1v) is 10.9. The van der Waals surface area contributed by atoms with Crippen LogP contribution in [0.1, 0.15) is 10.5 Å². The molecular formula is C15H22N2O4Si. The van der Waals surface area contributed by atoms with E-state index in [2.05, 4.69) is 24.6 Å². The Morgan fingerprint density at radius 2 is 2.14 bits per heavy atom. The van der Waals surface area contributed by atoms with Crippen molar-refractivity contribution in [3.8, 4) is 5.75 Å². The third-order valence-corrected chi connectivity index (χ3v) is 5.12. The van der Waals surface area contributed by atoms with Crippen LogP contribution < -0.4 is 4.74 Å². The summed E-state index contributed by atoms with van der Waals surface area (Å²) in [6, 6.07) is 4.32. The maximum absolute atomic E-state index is 11.4. The summed E-state index contributed by atoms with van der Waals surface area (Å²) in [6.07, 6.45) is 1.60. The molecule has 2 aromatic rings. The highest BCUT2D eigenvalue weighted by molar-refractivity contribution is 6.76. The van der Waals surface area contributed by atoms with E-state index in [0.717, 1.165) is 6.04 Å². The van der Waals surface area contributed by atoms with Gasteiger partial charge in [0, 0.05) is 20.9 Å². The van der Waals surface area contributed by atoms with Crippen LogP contribution in [0.15, 0.2) is 18.3 Å². The van der Waals surface area contributed by atoms with Crippen LogP contribution in [0.2, 0.25) is 25.7 Å². The monoisotopic (exact) mass is 322 g/mol.